The molecular formula is C18H21NO2S. The summed E-state index contributed by atoms with van der Waals surface area (Å²) in [5.74, 6) is 0.957. The summed E-state index contributed by atoms with van der Waals surface area (Å²) in [5, 5.41) is 0. The van der Waals surface area contributed by atoms with Gasteiger partial charge in [0.1, 0.15) is 5.75 Å². The maximum atomic E-state index is 12.6. The molecule has 116 valence electrons. The van der Waals surface area contributed by atoms with Crippen LogP contribution in [0.25, 0.3) is 0 Å². The molecule has 3 nitrogen and oxygen atoms in total. The number of hydrogen-bond acceptors (Lipinski definition) is 3. The molecule has 1 aromatic heterocycles. The molecule has 3 rings (SSSR count). The Balaban J connectivity index is 1.69. The van der Waals surface area contributed by atoms with Crippen LogP contribution in [0.15, 0.2) is 30.3 Å². The third-order valence-corrected chi connectivity index (χ3v) is 5.36. The van der Waals surface area contributed by atoms with E-state index in [-0.39, 0.29) is 5.91 Å². The molecule has 1 aliphatic rings. The summed E-state index contributed by atoms with van der Waals surface area (Å²) in [5.41, 5.74) is 2.50. The molecule has 0 unspecified atom stereocenters. The van der Waals surface area contributed by atoms with Crippen LogP contribution in [-0.4, -0.2) is 25.0 Å². The predicted octanol–water partition coefficient (Wildman–Crippen LogP) is 3.91. The normalized spacial score (nSPS) is 13.5. The largest absolute Gasteiger partial charge is 0.497 e. The number of nitrogens with zero attached hydrogens (tertiary/aromatic N) is 1. The number of fused-ring (bicyclic) bond motifs is 1. The highest BCUT2D eigenvalue weighted by molar-refractivity contribution is 7.14. The SMILES string of the molecule is COc1ccc(CN(C)C(=O)c2cc3c(s2)CCCC3)cc1. The molecule has 1 aromatic carbocycles. The fraction of sp³-hybridized carbons (Fsp3) is 0.389. The zero-order chi connectivity index (χ0) is 15.5. The minimum absolute atomic E-state index is 0.121. The van der Waals surface area contributed by atoms with Crippen LogP contribution >= 0.6 is 11.3 Å². The lowest BCUT2D eigenvalue weighted by atomic mass is 9.99. The molecule has 2 aromatic rings. The van der Waals surface area contributed by atoms with Crippen molar-refractivity contribution in [3.8, 4) is 5.75 Å². The van der Waals surface area contributed by atoms with Crippen molar-refractivity contribution in [1.82, 2.24) is 4.90 Å². The van der Waals surface area contributed by atoms with E-state index in [1.807, 2.05) is 31.3 Å². The smallest absolute Gasteiger partial charge is 0.263 e. The van der Waals surface area contributed by atoms with Gasteiger partial charge < -0.3 is 9.64 Å². The molecular weight excluding hydrogens is 294 g/mol. The number of methoxy groups -OCH3 is 1. The van der Waals surface area contributed by atoms with Crippen LogP contribution in [0.5, 0.6) is 5.75 Å². The van der Waals surface area contributed by atoms with Gasteiger partial charge in [0, 0.05) is 18.5 Å². The van der Waals surface area contributed by atoms with Crippen molar-refractivity contribution >= 4 is 17.2 Å². The highest BCUT2D eigenvalue weighted by atomic mass is 32.1. The fourth-order valence-electron chi connectivity index (χ4n) is 2.86. The molecule has 0 aliphatic heterocycles. The van der Waals surface area contributed by atoms with E-state index in [1.165, 1.54) is 23.3 Å². The van der Waals surface area contributed by atoms with Crippen LogP contribution in [0.2, 0.25) is 0 Å². The summed E-state index contributed by atoms with van der Waals surface area (Å²) in [4.78, 5) is 16.7. The second-order valence-corrected chi connectivity index (χ2v) is 6.91. The van der Waals surface area contributed by atoms with E-state index in [4.69, 9.17) is 4.74 Å². The van der Waals surface area contributed by atoms with Crippen molar-refractivity contribution < 1.29 is 9.53 Å². The van der Waals surface area contributed by atoms with Crippen molar-refractivity contribution in [1.29, 1.82) is 0 Å². The molecule has 1 heterocycles. The summed E-state index contributed by atoms with van der Waals surface area (Å²) >= 11 is 1.68. The van der Waals surface area contributed by atoms with Crippen molar-refractivity contribution in [2.45, 2.75) is 32.2 Å². The number of hydrogen-bond donors (Lipinski definition) is 0. The molecule has 0 saturated heterocycles. The maximum absolute atomic E-state index is 12.6. The number of amides is 1. The Kier molecular flexibility index (Phi) is 4.48. The average molecular weight is 315 g/mol. The number of carbonyl (C=O) groups is 1. The van der Waals surface area contributed by atoms with Gasteiger partial charge in [-0.3, -0.25) is 4.79 Å². The first-order chi connectivity index (χ1) is 10.7. The van der Waals surface area contributed by atoms with Crippen molar-refractivity contribution in [2.75, 3.05) is 14.2 Å². The molecule has 0 fully saturated rings. The van der Waals surface area contributed by atoms with Gasteiger partial charge in [-0.1, -0.05) is 12.1 Å². The number of aryl methyl sites for hydroxylation is 2. The Morgan fingerprint density at radius 1 is 1.23 bits per heavy atom. The molecule has 0 saturated carbocycles. The Hall–Kier alpha value is -1.81. The van der Waals surface area contributed by atoms with E-state index in [9.17, 15) is 4.79 Å². The molecule has 0 spiro atoms. The van der Waals surface area contributed by atoms with Gasteiger partial charge in [-0.15, -0.1) is 11.3 Å². The first kappa shape index (κ1) is 15.1. The highest BCUT2D eigenvalue weighted by Gasteiger charge is 2.19. The van der Waals surface area contributed by atoms with Gasteiger partial charge in [-0.25, -0.2) is 0 Å². The van der Waals surface area contributed by atoms with Gasteiger partial charge in [0.2, 0.25) is 0 Å². The highest BCUT2D eigenvalue weighted by Crippen LogP contribution is 2.30. The molecule has 22 heavy (non-hydrogen) atoms. The number of carbonyl (C=O) groups excluding carboxylic acids is 1. The summed E-state index contributed by atoms with van der Waals surface area (Å²) in [6.07, 6.45) is 4.76. The number of rotatable bonds is 4. The van der Waals surface area contributed by atoms with Gasteiger partial charge in [0.25, 0.3) is 5.91 Å². The molecule has 0 atom stereocenters. The Morgan fingerprint density at radius 3 is 2.64 bits per heavy atom. The third-order valence-electron chi connectivity index (χ3n) is 4.13. The lowest BCUT2D eigenvalue weighted by Crippen LogP contribution is -2.25. The van der Waals surface area contributed by atoms with E-state index in [2.05, 4.69) is 6.07 Å². The number of benzene rings is 1. The van der Waals surface area contributed by atoms with Crippen molar-refractivity contribution in [3.63, 3.8) is 0 Å². The monoisotopic (exact) mass is 315 g/mol. The number of thiophene rings is 1. The van der Waals surface area contributed by atoms with Gasteiger partial charge in [0.05, 0.1) is 12.0 Å². The van der Waals surface area contributed by atoms with Crippen LogP contribution in [0, 0.1) is 0 Å². The quantitative estimate of drug-likeness (QED) is 0.856. The van der Waals surface area contributed by atoms with Crippen molar-refractivity contribution in [2.24, 2.45) is 0 Å². The van der Waals surface area contributed by atoms with Crippen molar-refractivity contribution in [3.05, 3.63) is 51.2 Å². The van der Waals surface area contributed by atoms with Gasteiger partial charge in [-0.05, 0) is 55.0 Å². The third kappa shape index (κ3) is 3.17. The lowest BCUT2D eigenvalue weighted by Gasteiger charge is -2.16. The average Bonchev–Trinajstić information content (AvgIpc) is 2.98. The second-order valence-electron chi connectivity index (χ2n) is 5.78. The summed E-state index contributed by atoms with van der Waals surface area (Å²) in [6.45, 7) is 0.616. The Bertz CT molecular complexity index is 637. The van der Waals surface area contributed by atoms with E-state index in [0.717, 1.165) is 29.0 Å². The van der Waals surface area contributed by atoms with Crippen LogP contribution in [0.4, 0.5) is 0 Å². The van der Waals surface area contributed by atoms with E-state index in [0.29, 0.717) is 6.54 Å². The van der Waals surface area contributed by atoms with Crippen LogP contribution in [-0.2, 0) is 19.4 Å². The van der Waals surface area contributed by atoms with E-state index in [1.54, 1.807) is 23.3 Å². The topological polar surface area (TPSA) is 29.5 Å². The van der Waals surface area contributed by atoms with Gasteiger partial charge >= 0.3 is 0 Å². The standard InChI is InChI=1S/C18H21NO2S/c1-19(12-13-7-9-15(21-2)10-8-13)18(20)17-11-14-5-3-4-6-16(14)22-17/h7-11H,3-6,12H2,1-2H3. The predicted molar refractivity (Wildman–Crippen MR) is 89.8 cm³/mol. The maximum Gasteiger partial charge on any atom is 0.263 e. The Morgan fingerprint density at radius 2 is 1.95 bits per heavy atom. The summed E-state index contributed by atoms with van der Waals surface area (Å²) < 4.78 is 5.16. The molecule has 4 heteroatoms. The van der Waals surface area contributed by atoms with Crippen LogP contribution < -0.4 is 4.74 Å². The zero-order valence-corrected chi connectivity index (χ0v) is 13.9. The van der Waals surface area contributed by atoms with Gasteiger partial charge in [0.15, 0.2) is 0 Å². The minimum Gasteiger partial charge on any atom is -0.497 e. The second kappa shape index (κ2) is 6.53. The fourth-order valence-corrected chi connectivity index (χ4v) is 4.11. The van der Waals surface area contributed by atoms with E-state index < -0.39 is 0 Å². The molecule has 0 radical (unpaired) electrons. The first-order valence-corrected chi connectivity index (χ1v) is 8.49. The zero-order valence-electron chi connectivity index (χ0n) is 13.1. The van der Waals surface area contributed by atoms with E-state index >= 15 is 0 Å². The van der Waals surface area contributed by atoms with Crippen LogP contribution in [0.3, 0.4) is 0 Å². The number of ether oxygens (including phenoxy) is 1. The minimum atomic E-state index is 0.121. The first-order valence-electron chi connectivity index (χ1n) is 7.67. The molecule has 1 amide bonds. The summed E-state index contributed by atoms with van der Waals surface area (Å²) in [6, 6.07) is 9.96. The molecule has 0 N–H and O–H groups in total. The molecule has 0 bridgehead atoms. The molecule has 1 aliphatic carbocycles. The summed E-state index contributed by atoms with van der Waals surface area (Å²) in [7, 11) is 3.52. The lowest BCUT2D eigenvalue weighted by molar-refractivity contribution is 0.0790. The Labute approximate surface area is 135 Å². The van der Waals surface area contributed by atoms with Gasteiger partial charge in [-0.2, -0.15) is 0 Å². The van der Waals surface area contributed by atoms with Crippen LogP contribution in [0.1, 0.15) is 38.5 Å².